The highest BCUT2D eigenvalue weighted by atomic mass is 32.1. The molecule has 0 aliphatic rings. The van der Waals surface area contributed by atoms with Gasteiger partial charge in [-0.05, 0) is 41.8 Å². The van der Waals surface area contributed by atoms with E-state index in [0.29, 0.717) is 29.2 Å². The SMILES string of the molecule is C=CC/C(C=CC)=C(/COc1ccc(Cc2sc(=O)[nH]c2O)cc1)N=O. The van der Waals surface area contributed by atoms with Crippen molar-refractivity contribution in [2.45, 2.75) is 19.8 Å². The molecule has 0 aliphatic heterocycles. The van der Waals surface area contributed by atoms with E-state index >= 15 is 0 Å². The number of hydrogen-bond donors (Lipinski definition) is 2. The van der Waals surface area contributed by atoms with Crippen LogP contribution in [0.15, 0.2) is 70.3 Å². The van der Waals surface area contributed by atoms with Crippen LogP contribution in [0.5, 0.6) is 11.6 Å². The summed E-state index contributed by atoms with van der Waals surface area (Å²) in [6.07, 6.45) is 6.35. The van der Waals surface area contributed by atoms with Crippen LogP contribution < -0.4 is 9.61 Å². The fourth-order valence-electron chi connectivity index (χ4n) is 2.33. The van der Waals surface area contributed by atoms with Gasteiger partial charge < -0.3 is 9.84 Å². The zero-order chi connectivity index (χ0) is 18.9. The molecule has 0 bridgehead atoms. The van der Waals surface area contributed by atoms with Gasteiger partial charge in [0, 0.05) is 6.42 Å². The predicted molar refractivity (Wildman–Crippen MR) is 104 cm³/mol. The Morgan fingerprint density at radius 2 is 2.12 bits per heavy atom. The third-order valence-corrected chi connectivity index (χ3v) is 4.45. The number of thiazole rings is 1. The number of benzene rings is 1. The Morgan fingerprint density at radius 3 is 2.65 bits per heavy atom. The van der Waals surface area contributed by atoms with Crippen LogP contribution in [-0.4, -0.2) is 16.7 Å². The normalized spacial score (nSPS) is 12.0. The van der Waals surface area contributed by atoms with Gasteiger partial charge in [-0.15, -0.1) is 11.5 Å². The number of rotatable bonds is 9. The van der Waals surface area contributed by atoms with E-state index in [1.54, 1.807) is 18.2 Å². The molecule has 1 heterocycles. The molecule has 0 atom stereocenters. The molecule has 0 aliphatic carbocycles. The summed E-state index contributed by atoms with van der Waals surface area (Å²) in [6.45, 7) is 5.61. The maximum absolute atomic E-state index is 11.2. The molecule has 0 spiro atoms. The molecular weight excluding hydrogens is 352 g/mol. The second-order valence-corrected chi connectivity index (χ2v) is 6.52. The second-order valence-electron chi connectivity index (χ2n) is 5.45. The molecule has 0 radical (unpaired) electrons. The number of allylic oxidation sites excluding steroid dienone is 4. The summed E-state index contributed by atoms with van der Waals surface area (Å²) in [6, 6.07) is 7.22. The van der Waals surface area contributed by atoms with E-state index in [0.717, 1.165) is 22.5 Å². The number of H-pyrrole nitrogens is 1. The third-order valence-electron chi connectivity index (χ3n) is 3.58. The van der Waals surface area contributed by atoms with E-state index in [2.05, 4.69) is 16.7 Å². The van der Waals surface area contributed by atoms with E-state index in [1.807, 2.05) is 31.2 Å². The van der Waals surface area contributed by atoms with Crippen molar-refractivity contribution in [1.29, 1.82) is 0 Å². The number of nitrogens with one attached hydrogen (secondary N) is 1. The molecule has 6 nitrogen and oxygen atoms in total. The number of hydrogen-bond acceptors (Lipinski definition) is 6. The minimum absolute atomic E-state index is 0.0660. The first-order valence-corrected chi connectivity index (χ1v) is 8.80. The molecule has 0 fully saturated rings. The molecule has 0 amide bonds. The molecule has 0 unspecified atom stereocenters. The standard InChI is InChI=1S/C19H20N2O4S/c1-3-5-14(6-4-2)16(21-24)12-25-15-9-7-13(8-10-15)11-17-18(22)20-19(23)26-17/h3-4,6-10,22H,1,5,11-12H2,2H3,(H,20,23)/b6-4?,16-14+. The molecule has 2 rings (SSSR count). The van der Waals surface area contributed by atoms with Gasteiger partial charge in [0.1, 0.15) is 18.1 Å². The summed E-state index contributed by atoms with van der Waals surface area (Å²) in [5, 5.41) is 12.7. The number of aromatic nitrogens is 1. The van der Waals surface area contributed by atoms with Gasteiger partial charge >= 0.3 is 4.87 Å². The van der Waals surface area contributed by atoms with Crippen molar-refractivity contribution in [2.24, 2.45) is 5.18 Å². The first-order chi connectivity index (χ1) is 12.6. The van der Waals surface area contributed by atoms with Crippen LogP contribution in [0, 0.1) is 4.91 Å². The van der Waals surface area contributed by atoms with Crippen LogP contribution in [0.25, 0.3) is 0 Å². The van der Waals surface area contributed by atoms with Gasteiger partial charge in [-0.1, -0.05) is 41.7 Å². The van der Waals surface area contributed by atoms with E-state index in [9.17, 15) is 14.8 Å². The van der Waals surface area contributed by atoms with Gasteiger partial charge in [0.15, 0.2) is 0 Å². The zero-order valence-electron chi connectivity index (χ0n) is 14.4. The van der Waals surface area contributed by atoms with Crippen LogP contribution in [0.3, 0.4) is 0 Å². The van der Waals surface area contributed by atoms with Gasteiger partial charge in [-0.2, -0.15) is 0 Å². The Kier molecular flexibility index (Phi) is 7.11. The molecule has 0 saturated heterocycles. The largest absolute Gasteiger partial charge is 0.494 e. The van der Waals surface area contributed by atoms with E-state index in [1.165, 1.54) is 0 Å². The second kappa shape index (κ2) is 9.53. The molecule has 2 aromatic rings. The Bertz CT molecular complexity index is 876. The molecule has 136 valence electrons. The van der Waals surface area contributed by atoms with Gasteiger partial charge in [0.05, 0.1) is 4.88 Å². The van der Waals surface area contributed by atoms with Crippen molar-refractivity contribution in [1.82, 2.24) is 4.98 Å². The molecule has 7 heteroatoms. The van der Waals surface area contributed by atoms with Crippen molar-refractivity contribution < 1.29 is 9.84 Å². The summed E-state index contributed by atoms with van der Waals surface area (Å²) in [4.78, 5) is 25.0. The quantitative estimate of drug-likeness (QED) is 0.390. The highest BCUT2D eigenvalue weighted by molar-refractivity contribution is 7.09. The van der Waals surface area contributed by atoms with Gasteiger partial charge in [-0.3, -0.25) is 9.78 Å². The Hall–Kier alpha value is -2.93. The van der Waals surface area contributed by atoms with Crippen LogP contribution >= 0.6 is 11.3 Å². The number of ether oxygens (including phenoxy) is 1. The average molecular weight is 372 g/mol. The molecule has 1 aromatic carbocycles. The van der Waals surface area contributed by atoms with Gasteiger partial charge in [0.2, 0.25) is 5.88 Å². The van der Waals surface area contributed by atoms with Crippen LogP contribution in [-0.2, 0) is 6.42 Å². The number of aromatic hydroxyl groups is 1. The molecule has 26 heavy (non-hydrogen) atoms. The number of nitrogens with zero attached hydrogens (tertiary/aromatic N) is 1. The Morgan fingerprint density at radius 1 is 1.38 bits per heavy atom. The Balaban J connectivity index is 2.05. The lowest BCUT2D eigenvalue weighted by Crippen LogP contribution is -2.02. The fourth-order valence-corrected chi connectivity index (χ4v) is 3.09. The summed E-state index contributed by atoms with van der Waals surface area (Å²) < 4.78 is 5.64. The number of nitroso groups, excluding NO2 is 1. The summed E-state index contributed by atoms with van der Waals surface area (Å²) in [5.41, 5.74) is 2.02. The minimum Gasteiger partial charge on any atom is -0.494 e. The molecule has 0 saturated carbocycles. The van der Waals surface area contributed by atoms with Crippen molar-refractivity contribution >= 4 is 11.3 Å². The van der Waals surface area contributed by atoms with E-state index in [4.69, 9.17) is 4.74 Å². The lowest BCUT2D eigenvalue weighted by Gasteiger charge is -2.08. The highest BCUT2D eigenvalue weighted by Crippen LogP contribution is 2.22. The number of aromatic amines is 1. The topological polar surface area (TPSA) is 91.8 Å². The summed E-state index contributed by atoms with van der Waals surface area (Å²) in [7, 11) is 0. The highest BCUT2D eigenvalue weighted by Gasteiger charge is 2.09. The first kappa shape index (κ1) is 19.4. The predicted octanol–water partition coefficient (Wildman–Crippen LogP) is 4.28. The summed E-state index contributed by atoms with van der Waals surface area (Å²) in [5.74, 6) is 0.505. The van der Waals surface area contributed by atoms with Gasteiger partial charge in [-0.25, -0.2) is 0 Å². The van der Waals surface area contributed by atoms with Crippen LogP contribution in [0.2, 0.25) is 0 Å². The molecular formula is C19H20N2O4S. The van der Waals surface area contributed by atoms with Crippen molar-refractivity contribution in [3.05, 3.63) is 85.4 Å². The summed E-state index contributed by atoms with van der Waals surface area (Å²) >= 11 is 0.983. The lowest BCUT2D eigenvalue weighted by atomic mass is 10.1. The van der Waals surface area contributed by atoms with Gasteiger partial charge in [0.25, 0.3) is 0 Å². The fraction of sp³-hybridized carbons (Fsp3) is 0.211. The lowest BCUT2D eigenvalue weighted by molar-refractivity contribution is 0.349. The van der Waals surface area contributed by atoms with E-state index < -0.39 is 0 Å². The minimum atomic E-state index is -0.283. The average Bonchev–Trinajstić information content (AvgIpc) is 2.94. The first-order valence-electron chi connectivity index (χ1n) is 7.99. The van der Waals surface area contributed by atoms with Crippen LogP contribution in [0.4, 0.5) is 0 Å². The zero-order valence-corrected chi connectivity index (χ0v) is 15.2. The maximum atomic E-state index is 11.2. The van der Waals surface area contributed by atoms with Crippen molar-refractivity contribution in [3.63, 3.8) is 0 Å². The smallest absolute Gasteiger partial charge is 0.307 e. The van der Waals surface area contributed by atoms with E-state index in [-0.39, 0.29) is 17.4 Å². The van der Waals surface area contributed by atoms with Crippen molar-refractivity contribution in [2.75, 3.05) is 6.61 Å². The molecule has 1 aromatic heterocycles. The monoisotopic (exact) mass is 372 g/mol. The Labute approximate surface area is 155 Å². The van der Waals surface area contributed by atoms with Crippen LogP contribution in [0.1, 0.15) is 23.8 Å². The molecule has 2 N–H and O–H groups in total. The third kappa shape index (κ3) is 5.29. The van der Waals surface area contributed by atoms with Crippen molar-refractivity contribution in [3.8, 4) is 11.6 Å². The maximum Gasteiger partial charge on any atom is 0.307 e.